The second-order valence-electron chi connectivity index (χ2n) is 5.17. The summed E-state index contributed by atoms with van der Waals surface area (Å²) in [6, 6.07) is -0.0113. The highest BCUT2D eigenvalue weighted by Gasteiger charge is 2.30. The van der Waals surface area contributed by atoms with Gasteiger partial charge in [0.25, 0.3) is 0 Å². The zero-order valence-electron chi connectivity index (χ0n) is 12.1. The molecule has 2 atom stereocenters. The van der Waals surface area contributed by atoms with E-state index in [1.165, 1.54) is 6.42 Å². The first-order valence-electron chi connectivity index (χ1n) is 7.30. The Balaban J connectivity index is 2.46. The zero-order chi connectivity index (χ0) is 13.4. The van der Waals surface area contributed by atoms with Crippen LogP contribution in [0.25, 0.3) is 0 Å². The van der Waals surface area contributed by atoms with E-state index in [4.69, 9.17) is 4.74 Å². The van der Waals surface area contributed by atoms with E-state index >= 15 is 0 Å². The average molecular weight is 256 g/mol. The maximum atomic E-state index is 11.9. The topological polar surface area (TPSA) is 41.6 Å². The Morgan fingerprint density at radius 3 is 2.89 bits per heavy atom. The van der Waals surface area contributed by atoms with Gasteiger partial charge >= 0.3 is 5.97 Å². The molecule has 1 fully saturated rings. The van der Waals surface area contributed by atoms with Gasteiger partial charge in [-0.15, -0.1) is 0 Å². The highest BCUT2D eigenvalue weighted by molar-refractivity contribution is 5.75. The van der Waals surface area contributed by atoms with Crippen LogP contribution >= 0.6 is 0 Å². The molecule has 0 bridgehead atoms. The molecule has 1 aliphatic heterocycles. The van der Waals surface area contributed by atoms with Crippen LogP contribution in [0.15, 0.2) is 0 Å². The van der Waals surface area contributed by atoms with Gasteiger partial charge in [0, 0.05) is 6.54 Å². The second kappa shape index (κ2) is 8.48. The van der Waals surface area contributed by atoms with E-state index in [2.05, 4.69) is 24.1 Å². The second-order valence-corrected chi connectivity index (χ2v) is 5.17. The van der Waals surface area contributed by atoms with Gasteiger partial charge in [0.05, 0.1) is 6.61 Å². The molecular weight excluding hydrogens is 228 g/mol. The number of carbonyl (C=O) groups excluding carboxylic acids is 1. The average Bonchev–Trinajstić information content (AvgIpc) is 2.37. The molecule has 1 aliphatic rings. The number of hydrogen-bond acceptors (Lipinski definition) is 4. The number of nitrogens with one attached hydrogen (secondary N) is 1. The van der Waals surface area contributed by atoms with Crippen LogP contribution in [0.1, 0.15) is 40.0 Å². The van der Waals surface area contributed by atoms with Gasteiger partial charge in [0.1, 0.15) is 6.04 Å². The normalized spacial score (nSPS) is 22.7. The third-order valence-electron chi connectivity index (χ3n) is 3.46. The van der Waals surface area contributed by atoms with E-state index in [-0.39, 0.29) is 12.0 Å². The van der Waals surface area contributed by atoms with Gasteiger partial charge < -0.3 is 10.1 Å². The molecule has 4 nitrogen and oxygen atoms in total. The lowest BCUT2D eigenvalue weighted by Crippen LogP contribution is -2.48. The predicted molar refractivity (Wildman–Crippen MR) is 73.6 cm³/mol. The largest absolute Gasteiger partial charge is 0.465 e. The van der Waals surface area contributed by atoms with Gasteiger partial charge in [0.2, 0.25) is 0 Å². The number of ether oxygens (including phenoxy) is 1. The Labute approximate surface area is 111 Å². The van der Waals surface area contributed by atoms with Crippen molar-refractivity contribution in [1.29, 1.82) is 0 Å². The van der Waals surface area contributed by atoms with Crippen LogP contribution in [0.3, 0.4) is 0 Å². The van der Waals surface area contributed by atoms with Crippen molar-refractivity contribution in [2.24, 2.45) is 5.92 Å². The van der Waals surface area contributed by atoms with E-state index in [1.807, 2.05) is 6.92 Å². The van der Waals surface area contributed by atoms with Crippen molar-refractivity contribution in [1.82, 2.24) is 10.2 Å². The summed E-state index contributed by atoms with van der Waals surface area (Å²) in [7, 11) is 0. The minimum absolute atomic E-state index is 0.0113. The third kappa shape index (κ3) is 4.94. The Morgan fingerprint density at radius 1 is 1.44 bits per heavy atom. The molecule has 0 amide bonds. The molecule has 0 spiro atoms. The number of hydrogen-bond donors (Lipinski definition) is 1. The first-order chi connectivity index (χ1) is 8.69. The summed E-state index contributed by atoms with van der Waals surface area (Å²) in [5.74, 6) is 0.535. The zero-order valence-corrected chi connectivity index (χ0v) is 12.1. The molecule has 0 aliphatic carbocycles. The highest BCUT2D eigenvalue weighted by Crippen LogP contribution is 2.19. The molecule has 0 saturated carbocycles. The van der Waals surface area contributed by atoms with Gasteiger partial charge in [-0.2, -0.15) is 0 Å². The smallest absolute Gasteiger partial charge is 0.323 e. The molecule has 0 radical (unpaired) electrons. The molecule has 1 heterocycles. The summed E-state index contributed by atoms with van der Waals surface area (Å²) in [4.78, 5) is 14.2. The fourth-order valence-corrected chi connectivity index (χ4v) is 2.57. The molecule has 1 saturated heterocycles. The van der Waals surface area contributed by atoms with E-state index in [1.54, 1.807) is 0 Å². The summed E-state index contributed by atoms with van der Waals surface area (Å²) in [6.45, 7) is 10.7. The van der Waals surface area contributed by atoms with E-state index in [0.29, 0.717) is 12.5 Å². The molecule has 2 unspecified atom stereocenters. The lowest BCUT2D eigenvalue weighted by atomic mass is 10.00. The van der Waals surface area contributed by atoms with Crippen LogP contribution in [-0.2, 0) is 9.53 Å². The van der Waals surface area contributed by atoms with Crippen LogP contribution in [0, 0.1) is 5.92 Å². The Bertz CT molecular complexity index is 246. The predicted octanol–water partition coefficient (Wildman–Crippen LogP) is 1.65. The van der Waals surface area contributed by atoms with Crippen LogP contribution in [-0.4, -0.2) is 49.7 Å². The Morgan fingerprint density at radius 2 is 2.22 bits per heavy atom. The summed E-state index contributed by atoms with van der Waals surface area (Å²) < 4.78 is 5.18. The van der Waals surface area contributed by atoms with Gasteiger partial charge in [-0.3, -0.25) is 9.69 Å². The van der Waals surface area contributed by atoms with Gasteiger partial charge in [-0.05, 0) is 45.3 Å². The van der Waals surface area contributed by atoms with Crippen molar-refractivity contribution in [3.05, 3.63) is 0 Å². The quantitative estimate of drug-likeness (QED) is 0.703. The van der Waals surface area contributed by atoms with Crippen LogP contribution in [0.2, 0.25) is 0 Å². The Kier molecular flexibility index (Phi) is 7.28. The van der Waals surface area contributed by atoms with Crippen molar-refractivity contribution < 1.29 is 9.53 Å². The van der Waals surface area contributed by atoms with Crippen LogP contribution in [0.4, 0.5) is 0 Å². The number of carbonyl (C=O) groups is 1. The molecule has 106 valence electrons. The van der Waals surface area contributed by atoms with Gasteiger partial charge in [-0.25, -0.2) is 0 Å². The molecule has 1 N–H and O–H groups in total. The lowest BCUT2D eigenvalue weighted by molar-refractivity contribution is -0.151. The van der Waals surface area contributed by atoms with E-state index in [9.17, 15) is 4.79 Å². The summed E-state index contributed by atoms with van der Waals surface area (Å²) >= 11 is 0. The summed E-state index contributed by atoms with van der Waals surface area (Å²) in [5, 5.41) is 3.36. The van der Waals surface area contributed by atoms with Gasteiger partial charge in [0.15, 0.2) is 0 Å². The van der Waals surface area contributed by atoms with Crippen molar-refractivity contribution in [3.63, 3.8) is 0 Å². The molecule has 18 heavy (non-hydrogen) atoms. The van der Waals surface area contributed by atoms with Gasteiger partial charge in [-0.1, -0.05) is 20.3 Å². The van der Waals surface area contributed by atoms with Crippen molar-refractivity contribution in [3.8, 4) is 0 Å². The monoisotopic (exact) mass is 256 g/mol. The maximum Gasteiger partial charge on any atom is 0.323 e. The number of nitrogens with zero attached hydrogens (tertiary/aromatic N) is 1. The fourth-order valence-electron chi connectivity index (χ4n) is 2.57. The molecule has 0 aromatic rings. The number of rotatable bonds is 7. The maximum absolute atomic E-state index is 11.9. The summed E-state index contributed by atoms with van der Waals surface area (Å²) in [5.41, 5.74) is 0. The van der Waals surface area contributed by atoms with Crippen LogP contribution < -0.4 is 5.32 Å². The van der Waals surface area contributed by atoms with Crippen molar-refractivity contribution >= 4 is 5.97 Å². The summed E-state index contributed by atoms with van der Waals surface area (Å²) in [6.07, 6.45) is 3.29. The first kappa shape index (κ1) is 15.4. The third-order valence-corrected chi connectivity index (χ3v) is 3.46. The highest BCUT2D eigenvalue weighted by atomic mass is 16.5. The molecular formula is C14H28N2O2. The Hall–Kier alpha value is -0.610. The minimum Gasteiger partial charge on any atom is -0.465 e. The van der Waals surface area contributed by atoms with Crippen molar-refractivity contribution in [2.45, 2.75) is 46.1 Å². The fraction of sp³-hybridized carbons (Fsp3) is 0.929. The standard InChI is InChI=1S/C14H28N2O2/c1-4-15-10-12(3)11-16-9-7-6-8-13(16)14(17)18-5-2/h12-13,15H,4-11H2,1-3H3. The van der Waals surface area contributed by atoms with Crippen LogP contribution in [0.5, 0.6) is 0 Å². The van der Waals surface area contributed by atoms with Crippen molar-refractivity contribution in [2.75, 3.05) is 32.8 Å². The van der Waals surface area contributed by atoms with E-state index in [0.717, 1.165) is 39.0 Å². The molecule has 1 rings (SSSR count). The number of likely N-dealkylation sites (tertiary alicyclic amines) is 1. The molecule has 0 aromatic carbocycles. The lowest BCUT2D eigenvalue weighted by Gasteiger charge is -2.35. The number of piperidine rings is 1. The SMILES string of the molecule is CCNCC(C)CN1CCCCC1C(=O)OCC. The molecule has 0 aromatic heterocycles. The van der Waals surface area contributed by atoms with E-state index < -0.39 is 0 Å². The number of esters is 1. The first-order valence-corrected chi connectivity index (χ1v) is 7.30. The molecule has 4 heteroatoms. The minimum atomic E-state index is -0.0344.